The van der Waals surface area contributed by atoms with Crippen molar-refractivity contribution in [3.8, 4) is 17.3 Å². The first-order valence-electron chi connectivity index (χ1n) is 8.18. The minimum atomic E-state index is -4.50. The second-order valence-corrected chi connectivity index (χ2v) is 5.89. The van der Waals surface area contributed by atoms with Gasteiger partial charge < -0.3 is 9.64 Å². The highest BCUT2D eigenvalue weighted by atomic mass is 19.4. The van der Waals surface area contributed by atoms with E-state index in [1.807, 2.05) is 0 Å². The van der Waals surface area contributed by atoms with Gasteiger partial charge in [0.2, 0.25) is 5.88 Å². The van der Waals surface area contributed by atoms with E-state index in [4.69, 9.17) is 4.74 Å². The topological polar surface area (TPSA) is 81.1 Å². The summed E-state index contributed by atoms with van der Waals surface area (Å²) >= 11 is 0. The first kappa shape index (κ1) is 17.8. The Morgan fingerprint density at radius 2 is 1.89 bits per heavy atom. The van der Waals surface area contributed by atoms with E-state index in [0.29, 0.717) is 5.56 Å². The molecule has 142 valence electrons. The van der Waals surface area contributed by atoms with Gasteiger partial charge in [-0.2, -0.15) is 18.2 Å². The Labute approximate surface area is 156 Å². The summed E-state index contributed by atoms with van der Waals surface area (Å²) in [6.07, 6.45) is 1.18. The molecule has 1 aliphatic rings. The van der Waals surface area contributed by atoms with Crippen molar-refractivity contribution < 1.29 is 22.7 Å². The standard InChI is InChI=1S/C18H12F3N5O2/c19-18(20,21)12-2-1-3-13(6-12)26-4-5-28-16-14(17(26)27)9-24-15(25-16)11-7-22-10-23-8-11/h1-3,6-10H,4-5H2. The van der Waals surface area contributed by atoms with E-state index in [2.05, 4.69) is 19.9 Å². The summed E-state index contributed by atoms with van der Waals surface area (Å²) in [5.41, 5.74) is -0.105. The van der Waals surface area contributed by atoms with E-state index < -0.39 is 17.6 Å². The van der Waals surface area contributed by atoms with Crippen LogP contribution in [0.1, 0.15) is 15.9 Å². The lowest BCUT2D eigenvalue weighted by Crippen LogP contribution is -2.32. The normalized spacial score (nSPS) is 14.2. The number of fused-ring (bicyclic) bond motifs is 1. The third-order valence-electron chi connectivity index (χ3n) is 4.09. The van der Waals surface area contributed by atoms with Crippen molar-refractivity contribution >= 4 is 11.6 Å². The van der Waals surface area contributed by atoms with Gasteiger partial charge in [0.05, 0.1) is 17.7 Å². The molecule has 0 radical (unpaired) electrons. The first-order chi connectivity index (χ1) is 13.4. The van der Waals surface area contributed by atoms with Crippen molar-refractivity contribution in [3.05, 3.63) is 60.3 Å². The van der Waals surface area contributed by atoms with Crippen LogP contribution in [-0.2, 0) is 6.18 Å². The average Bonchev–Trinajstić information content (AvgIpc) is 2.86. The molecule has 10 heteroatoms. The first-order valence-corrected chi connectivity index (χ1v) is 8.18. The molecule has 3 heterocycles. The fourth-order valence-electron chi connectivity index (χ4n) is 2.75. The molecule has 1 aliphatic heterocycles. The van der Waals surface area contributed by atoms with Crippen LogP contribution in [0.2, 0.25) is 0 Å². The Balaban J connectivity index is 1.70. The Morgan fingerprint density at radius 3 is 2.64 bits per heavy atom. The smallest absolute Gasteiger partial charge is 0.416 e. The third-order valence-corrected chi connectivity index (χ3v) is 4.09. The molecule has 0 unspecified atom stereocenters. The predicted molar refractivity (Wildman–Crippen MR) is 91.7 cm³/mol. The molecule has 0 fully saturated rings. The number of halogens is 3. The van der Waals surface area contributed by atoms with Crippen molar-refractivity contribution in [1.29, 1.82) is 0 Å². The van der Waals surface area contributed by atoms with Crippen LogP contribution < -0.4 is 9.64 Å². The van der Waals surface area contributed by atoms with E-state index in [1.165, 1.54) is 42.0 Å². The number of hydrogen-bond acceptors (Lipinski definition) is 6. The number of anilines is 1. The molecule has 28 heavy (non-hydrogen) atoms. The lowest BCUT2D eigenvalue weighted by atomic mass is 10.1. The summed E-state index contributed by atoms with van der Waals surface area (Å²) in [5, 5.41) is 0. The lowest BCUT2D eigenvalue weighted by molar-refractivity contribution is -0.137. The van der Waals surface area contributed by atoms with E-state index in [1.54, 1.807) is 0 Å². The minimum absolute atomic E-state index is 0.0633. The molecule has 0 N–H and O–H groups in total. The zero-order valence-electron chi connectivity index (χ0n) is 14.2. The summed E-state index contributed by atoms with van der Waals surface area (Å²) in [6, 6.07) is 4.58. The molecule has 0 atom stereocenters. The summed E-state index contributed by atoms with van der Waals surface area (Å²) in [6.45, 7) is 0.136. The second kappa shape index (κ2) is 6.87. The number of ether oxygens (including phenoxy) is 1. The number of rotatable bonds is 2. The Morgan fingerprint density at radius 1 is 1.11 bits per heavy atom. The summed E-state index contributed by atoms with van der Waals surface area (Å²) < 4.78 is 44.5. The fourth-order valence-corrected chi connectivity index (χ4v) is 2.75. The summed E-state index contributed by atoms with van der Waals surface area (Å²) in [7, 11) is 0. The number of aromatic nitrogens is 4. The van der Waals surface area contributed by atoms with Crippen molar-refractivity contribution in [1.82, 2.24) is 19.9 Å². The van der Waals surface area contributed by atoms with E-state index >= 15 is 0 Å². The van der Waals surface area contributed by atoms with E-state index in [0.717, 1.165) is 12.1 Å². The third kappa shape index (κ3) is 3.36. The van der Waals surface area contributed by atoms with Gasteiger partial charge in [0.25, 0.3) is 5.91 Å². The van der Waals surface area contributed by atoms with Gasteiger partial charge in [-0.05, 0) is 18.2 Å². The SMILES string of the molecule is O=C1c2cnc(-c3cncnc3)nc2OCCN1c1cccc(C(F)(F)F)c1. The van der Waals surface area contributed by atoms with Crippen LogP contribution in [0.3, 0.4) is 0 Å². The maximum Gasteiger partial charge on any atom is 0.416 e. The number of carbonyl (C=O) groups excluding carboxylic acids is 1. The molecular formula is C18H12F3N5O2. The summed E-state index contributed by atoms with van der Waals surface area (Å²) in [5.74, 6) is -0.198. The van der Waals surface area contributed by atoms with Gasteiger partial charge in [-0.1, -0.05) is 6.07 Å². The van der Waals surface area contributed by atoms with Crippen molar-refractivity contribution in [2.75, 3.05) is 18.1 Å². The highest BCUT2D eigenvalue weighted by molar-refractivity contribution is 6.07. The number of carbonyl (C=O) groups is 1. The van der Waals surface area contributed by atoms with Crippen molar-refractivity contribution in [2.45, 2.75) is 6.18 Å². The van der Waals surface area contributed by atoms with Crippen LogP contribution in [0.5, 0.6) is 5.88 Å². The molecule has 7 nitrogen and oxygen atoms in total. The van der Waals surface area contributed by atoms with E-state index in [9.17, 15) is 18.0 Å². The maximum atomic E-state index is 13.0. The predicted octanol–water partition coefficient (Wildman–Crippen LogP) is 2.99. The molecule has 1 aromatic carbocycles. The molecule has 3 aromatic rings. The van der Waals surface area contributed by atoms with E-state index in [-0.39, 0.29) is 36.1 Å². The van der Waals surface area contributed by atoms with Crippen LogP contribution >= 0.6 is 0 Å². The van der Waals surface area contributed by atoms with Gasteiger partial charge in [0, 0.05) is 24.3 Å². The minimum Gasteiger partial charge on any atom is -0.475 e. The Kier molecular flexibility index (Phi) is 4.38. The second-order valence-electron chi connectivity index (χ2n) is 5.89. The molecule has 0 saturated heterocycles. The number of alkyl halides is 3. The lowest BCUT2D eigenvalue weighted by Gasteiger charge is -2.21. The van der Waals surface area contributed by atoms with Gasteiger partial charge in [0.15, 0.2) is 5.82 Å². The van der Waals surface area contributed by atoms with Crippen LogP contribution in [0.15, 0.2) is 49.2 Å². The largest absolute Gasteiger partial charge is 0.475 e. The molecule has 1 amide bonds. The fraction of sp³-hybridized carbons (Fsp3) is 0.167. The van der Waals surface area contributed by atoms with Crippen LogP contribution in [0.4, 0.5) is 18.9 Å². The maximum absolute atomic E-state index is 13.0. The van der Waals surface area contributed by atoms with Crippen LogP contribution in [0.25, 0.3) is 11.4 Å². The highest BCUT2D eigenvalue weighted by Crippen LogP contribution is 2.33. The van der Waals surface area contributed by atoms with Gasteiger partial charge in [-0.15, -0.1) is 0 Å². The van der Waals surface area contributed by atoms with Gasteiger partial charge >= 0.3 is 6.18 Å². The Hall–Kier alpha value is -3.56. The molecule has 0 bridgehead atoms. The highest BCUT2D eigenvalue weighted by Gasteiger charge is 2.32. The monoisotopic (exact) mass is 387 g/mol. The van der Waals surface area contributed by atoms with Gasteiger partial charge in [-0.25, -0.2) is 15.0 Å². The van der Waals surface area contributed by atoms with Crippen LogP contribution in [0, 0.1) is 0 Å². The number of hydrogen-bond donors (Lipinski definition) is 0. The number of benzene rings is 1. The molecular weight excluding hydrogens is 375 g/mol. The molecule has 0 saturated carbocycles. The zero-order chi connectivity index (χ0) is 19.7. The average molecular weight is 387 g/mol. The molecule has 4 rings (SSSR count). The summed E-state index contributed by atoms with van der Waals surface area (Å²) in [4.78, 5) is 30.3. The molecule has 0 spiro atoms. The van der Waals surface area contributed by atoms with Crippen LogP contribution in [-0.4, -0.2) is 39.0 Å². The quantitative estimate of drug-likeness (QED) is 0.673. The number of nitrogens with zero attached hydrogens (tertiary/aromatic N) is 5. The van der Waals surface area contributed by atoms with Gasteiger partial charge in [-0.3, -0.25) is 4.79 Å². The van der Waals surface area contributed by atoms with Crippen molar-refractivity contribution in [3.63, 3.8) is 0 Å². The number of amides is 1. The van der Waals surface area contributed by atoms with Crippen molar-refractivity contribution in [2.24, 2.45) is 0 Å². The zero-order valence-corrected chi connectivity index (χ0v) is 14.2. The Bertz CT molecular complexity index is 1030. The molecule has 2 aromatic heterocycles. The molecule has 0 aliphatic carbocycles. The van der Waals surface area contributed by atoms with Gasteiger partial charge in [0.1, 0.15) is 18.5 Å².